The molecule has 0 aliphatic carbocycles. The van der Waals surface area contributed by atoms with Gasteiger partial charge < -0.3 is 15.7 Å². The number of aromatic carboxylic acids is 1. The Morgan fingerprint density at radius 2 is 2.26 bits per heavy atom. The highest BCUT2D eigenvalue weighted by molar-refractivity contribution is 7.19. The molecular formula is C13H15N3O2S. The molecule has 3 heterocycles. The molecule has 0 spiro atoms. The average Bonchev–Trinajstić information content (AvgIpc) is 2.65. The number of nitrogens with zero attached hydrogens (tertiary/aromatic N) is 2. The minimum Gasteiger partial charge on any atom is -0.478 e. The molecule has 0 fully saturated rings. The number of fused-ring (bicyclic) bond motifs is 3. The Bertz CT molecular complexity index is 693. The van der Waals surface area contributed by atoms with Gasteiger partial charge in [0.2, 0.25) is 0 Å². The summed E-state index contributed by atoms with van der Waals surface area (Å²) in [6.45, 7) is 3.55. The maximum atomic E-state index is 11.3. The highest BCUT2D eigenvalue weighted by Gasteiger charge is 2.24. The average molecular weight is 277 g/mol. The summed E-state index contributed by atoms with van der Waals surface area (Å²) in [5.74, 6) is -1.00. The molecule has 19 heavy (non-hydrogen) atoms. The molecule has 0 unspecified atom stereocenters. The summed E-state index contributed by atoms with van der Waals surface area (Å²) < 4.78 is 0. The lowest BCUT2D eigenvalue weighted by atomic mass is 10.0. The molecule has 0 aromatic carbocycles. The molecule has 0 saturated heterocycles. The van der Waals surface area contributed by atoms with Crippen LogP contribution in [0.15, 0.2) is 0 Å². The molecule has 100 valence electrons. The smallest absolute Gasteiger partial charge is 0.339 e. The number of aryl methyl sites for hydroxylation is 1. The van der Waals surface area contributed by atoms with Crippen molar-refractivity contribution in [1.29, 1.82) is 0 Å². The number of hydrogen-bond acceptors (Lipinski definition) is 5. The zero-order valence-corrected chi connectivity index (χ0v) is 11.7. The van der Waals surface area contributed by atoms with Crippen LogP contribution >= 0.6 is 11.3 Å². The Labute approximate surface area is 114 Å². The fourth-order valence-electron chi connectivity index (χ4n) is 2.67. The van der Waals surface area contributed by atoms with Crippen LogP contribution in [0.1, 0.15) is 26.5 Å². The molecule has 3 rings (SSSR count). The fraction of sp³-hybridized carbons (Fsp3) is 0.385. The van der Waals surface area contributed by atoms with Crippen LogP contribution < -0.4 is 5.73 Å². The van der Waals surface area contributed by atoms with E-state index in [9.17, 15) is 9.90 Å². The lowest BCUT2D eigenvalue weighted by Gasteiger charge is -2.22. The number of pyridine rings is 1. The SMILES string of the molecule is Cc1nc2sc3c(c2c(N)c1C(=O)O)CCN(C)C3. The van der Waals surface area contributed by atoms with E-state index in [1.807, 2.05) is 0 Å². The maximum Gasteiger partial charge on any atom is 0.339 e. The number of rotatable bonds is 1. The molecular weight excluding hydrogens is 262 g/mol. The Morgan fingerprint density at radius 1 is 1.53 bits per heavy atom. The summed E-state index contributed by atoms with van der Waals surface area (Å²) in [5.41, 5.74) is 8.29. The summed E-state index contributed by atoms with van der Waals surface area (Å²) in [7, 11) is 2.08. The zero-order chi connectivity index (χ0) is 13.7. The molecule has 0 atom stereocenters. The van der Waals surface area contributed by atoms with Crippen LogP contribution in [-0.2, 0) is 13.0 Å². The summed E-state index contributed by atoms with van der Waals surface area (Å²) >= 11 is 1.63. The molecule has 1 aliphatic heterocycles. The predicted octanol–water partition coefficient (Wildman–Crippen LogP) is 1.87. The molecule has 0 radical (unpaired) electrons. The number of thiophene rings is 1. The Hall–Kier alpha value is -1.66. The Morgan fingerprint density at radius 3 is 2.95 bits per heavy atom. The Balaban J connectivity index is 2.33. The van der Waals surface area contributed by atoms with Gasteiger partial charge in [0.05, 0.1) is 11.4 Å². The summed E-state index contributed by atoms with van der Waals surface area (Å²) in [5, 5.41) is 10.1. The van der Waals surface area contributed by atoms with Gasteiger partial charge in [-0.25, -0.2) is 9.78 Å². The molecule has 5 nitrogen and oxygen atoms in total. The third-order valence-corrected chi connectivity index (χ3v) is 4.72. The van der Waals surface area contributed by atoms with Gasteiger partial charge in [-0.05, 0) is 26.0 Å². The number of likely N-dealkylation sites (N-methyl/N-ethyl adjacent to an activating group) is 1. The van der Waals surface area contributed by atoms with Crippen molar-refractivity contribution in [3.05, 3.63) is 21.7 Å². The second-order valence-electron chi connectivity index (χ2n) is 4.96. The second-order valence-corrected chi connectivity index (χ2v) is 6.05. The number of hydrogen-bond donors (Lipinski definition) is 2. The van der Waals surface area contributed by atoms with Gasteiger partial charge in [-0.1, -0.05) is 0 Å². The minimum atomic E-state index is -1.00. The largest absolute Gasteiger partial charge is 0.478 e. The van der Waals surface area contributed by atoms with E-state index >= 15 is 0 Å². The van der Waals surface area contributed by atoms with E-state index in [1.165, 1.54) is 10.4 Å². The van der Waals surface area contributed by atoms with Gasteiger partial charge in [-0.15, -0.1) is 11.3 Å². The van der Waals surface area contributed by atoms with Gasteiger partial charge >= 0.3 is 5.97 Å². The zero-order valence-electron chi connectivity index (χ0n) is 10.9. The quantitative estimate of drug-likeness (QED) is 0.832. The number of carboxylic acids is 1. The van der Waals surface area contributed by atoms with Gasteiger partial charge in [0.15, 0.2) is 0 Å². The molecule has 0 bridgehead atoms. The van der Waals surface area contributed by atoms with Crippen molar-refractivity contribution in [1.82, 2.24) is 9.88 Å². The summed E-state index contributed by atoms with van der Waals surface area (Å²) in [6.07, 6.45) is 0.903. The maximum absolute atomic E-state index is 11.3. The van der Waals surface area contributed by atoms with Gasteiger partial charge in [0, 0.05) is 23.4 Å². The number of nitrogen functional groups attached to an aromatic ring is 1. The molecule has 1 aliphatic rings. The first kappa shape index (κ1) is 12.4. The van der Waals surface area contributed by atoms with Gasteiger partial charge in [-0.3, -0.25) is 0 Å². The van der Waals surface area contributed by atoms with Gasteiger partial charge in [-0.2, -0.15) is 0 Å². The van der Waals surface area contributed by atoms with Crippen molar-refractivity contribution in [2.45, 2.75) is 19.9 Å². The predicted molar refractivity (Wildman–Crippen MR) is 75.8 cm³/mol. The van der Waals surface area contributed by atoms with E-state index in [-0.39, 0.29) is 5.56 Å². The van der Waals surface area contributed by atoms with Crippen molar-refractivity contribution >= 4 is 33.2 Å². The summed E-state index contributed by atoms with van der Waals surface area (Å²) in [6, 6.07) is 0. The van der Waals surface area contributed by atoms with Crippen molar-refractivity contribution in [2.24, 2.45) is 0 Å². The first-order valence-electron chi connectivity index (χ1n) is 6.11. The van der Waals surface area contributed by atoms with Crippen molar-refractivity contribution in [2.75, 3.05) is 19.3 Å². The molecule has 3 N–H and O–H groups in total. The Kier molecular flexibility index (Phi) is 2.72. The highest BCUT2D eigenvalue weighted by Crippen LogP contribution is 2.39. The van der Waals surface area contributed by atoms with Crippen LogP contribution in [0.25, 0.3) is 10.2 Å². The minimum absolute atomic E-state index is 0.145. The molecule has 6 heteroatoms. The summed E-state index contributed by atoms with van der Waals surface area (Å²) in [4.78, 5) is 20.1. The lowest BCUT2D eigenvalue weighted by molar-refractivity contribution is 0.0697. The normalized spacial score (nSPS) is 15.7. The van der Waals surface area contributed by atoms with Crippen LogP contribution in [0.2, 0.25) is 0 Å². The van der Waals surface area contributed by atoms with Crippen molar-refractivity contribution in [3.8, 4) is 0 Å². The van der Waals surface area contributed by atoms with E-state index < -0.39 is 5.97 Å². The van der Waals surface area contributed by atoms with E-state index in [4.69, 9.17) is 5.73 Å². The van der Waals surface area contributed by atoms with Crippen LogP contribution in [0, 0.1) is 6.92 Å². The molecule has 0 amide bonds. The van der Waals surface area contributed by atoms with E-state index in [2.05, 4.69) is 16.9 Å². The molecule has 2 aromatic heterocycles. The topological polar surface area (TPSA) is 79.4 Å². The first-order valence-corrected chi connectivity index (χ1v) is 6.93. The third kappa shape index (κ3) is 1.79. The van der Waals surface area contributed by atoms with E-state index in [0.717, 1.165) is 29.7 Å². The number of aromatic nitrogens is 1. The van der Waals surface area contributed by atoms with E-state index in [1.54, 1.807) is 18.3 Å². The number of nitrogens with two attached hydrogens (primary N) is 1. The van der Waals surface area contributed by atoms with Gasteiger partial charge in [0.1, 0.15) is 10.4 Å². The second kappa shape index (κ2) is 4.18. The monoisotopic (exact) mass is 277 g/mol. The van der Waals surface area contributed by atoms with Crippen LogP contribution in [-0.4, -0.2) is 34.6 Å². The standard InChI is InChI=1S/C13H15N3O2S/c1-6-9(13(17)18)11(14)10-7-3-4-16(2)5-8(7)19-12(10)15-6/h3-5H2,1-2H3,(H2,14,15)(H,17,18). The van der Waals surface area contributed by atoms with Gasteiger partial charge in [0.25, 0.3) is 0 Å². The molecule has 0 saturated carbocycles. The number of carboxylic acid groups (broad SMARTS) is 1. The fourth-order valence-corrected chi connectivity index (χ4v) is 4.03. The molecule has 2 aromatic rings. The first-order chi connectivity index (χ1) is 8.99. The number of anilines is 1. The third-order valence-electron chi connectivity index (χ3n) is 3.61. The van der Waals surface area contributed by atoms with Crippen LogP contribution in [0.5, 0.6) is 0 Å². The number of carbonyl (C=O) groups is 1. The lowest BCUT2D eigenvalue weighted by Crippen LogP contribution is -2.25. The van der Waals surface area contributed by atoms with Crippen molar-refractivity contribution < 1.29 is 9.90 Å². The highest BCUT2D eigenvalue weighted by atomic mass is 32.1. The van der Waals surface area contributed by atoms with E-state index in [0.29, 0.717) is 11.4 Å². The van der Waals surface area contributed by atoms with Crippen molar-refractivity contribution in [3.63, 3.8) is 0 Å². The van der Waals surface area contributed by atoms with Crippen LogP contribution in [0.3, 0.4) is 0 Å². The van der Waals surface area contributed by atoms with Crippen LogP contribution in [0.4, 0.5) is 5.69 Å².